The minimum Gasteiger partial charge on any atom is -0.338 e. The van der Waals surface area contributed by atoms with Crippen LogP contribution in [0.4, 0.5) is 0 Å². The first-order chi connectivity index (χ1) is 14.1. The van der Waals surface area contributed by atoms with Crippen molar-refractivity contribution in [1.82, 2.24) is 14.2 Å². The Morgan fingerprint density at radius 2 is 1.90 bits per heavy atom. The molecule has 1 saturated heterocycles. The second-order valence-corrected chi connectivity index (χ2v) is 9.46. The number of aromatic nitrogens is 1. The van der Waals surface area contributed by atoms with Gasteiger partial charge in [0, 0.05) is 38.6 Å². The molecule has 7 heteroatoms. The molecule has 0 radical (unpaired) electrons. The number of carbonyl (C=O) groups is 1. The maximum atomic E-state index is 13.1. The topological polar surface area (TPSA) is 70.6 Å². The van der Waals surface area contributed by atoms with Gasteiger partial charge in [0.2, 0.25) is 15.9 Å². The highest BCUT2D eigenvalue weighted by molar-refractivity contribution is 7.89. The van der Waals surface area contributed by atoms with Crippen LogP contribution in [0.15, 0.2) is 65.8 Å². The summed E-state index contributed by atoms with van der Waals surface area (Å²) >= 11 is 0. The molecule has 0 aliphatic carbocycles. The smallest absolute Gasteiger partial charge is 0.244 e. The molecule has 0 saturated carbocycles. The van der Waals surface area contributed by atoms with Crippen LogP contribution in [0.5, 0.6) is 0 Å². The zero-order valence-corrected chi connectivity index (χ0v) is 17.1. The van der Waals surface area contributed by atoms with Crippen LogP contribution in [-0.2, 0) is 14.8 Å². The predicted molar refractivity (Wildman–Crippen MR) is 111 cm³/mol. The third kappa shape index (κ3) is 4.26. The van der Waals surface area contributed by atoms with Crippen LogP contribution < -0.4 is 0 Å². The van der Waals surface area contributed by atoms with E-state index in [4.69, 9.17) is 0 Å². The van der Waals surface area contributed by atoms with Crippen molar-refractivity contribution in [3.63, 3.8) is 0 Å². The van der Waals surface area contributed by atoms with Gasteiger partial charge in [0.05, 0.1) is 5.92 Å². The number of nitrogens with zero attached hydrogens (tertiary/aromatic N) is 3. The van der Waals surface area contributed by atoms with Gasteiger partial charge < -0.3 is 4.90 Å². The van der Waals surface area contributed by atoms with Gasteiger partial charge >= 0.3 is 0 Å². The van der Waals surface area contributed by atoms with E-state index in [9.17, 15) is 13.2 Å². The highest BCUT2D eigenvalue weighted by Gasteiger charge is 2.35. The molecule has 4 rings (SSSR count). The van der Waals surface area contributed by atoms with Crippen molar-refractivity contribution in [3.8, 4) is 0 Å². The SMILES string of the molecule is O=C(C1CCCN(S(=O)(=O)c2cccnc2)C1)N1CC=C(c2ccccc2)CC1. The lowest BCUT2D eigenvalue weighted by atomic mass is 9.95. The van der Waals surface area contributed by atoms with Crippen LogP contribution in [-0.4, -0.2) is 54.7 Å². The summed E-state index contributed by atoms with van der Waals surface area (Å²) in [6, 6.07) is 13.4. The summed E-state index contributed by atoms with van der Waals surface area (Å²) in [6.07, 6.45) is 7.26. The Morgan fingerprint density at radius 1 is 1.07 bits per heavy atom. The third-order valence-corrected chi connectivity index (χ3v) is 7.52. The van der Waals surface area contributed by atoms with E-state index in [1.54, 1.807) is 18.3 Å². The van der Waals surface area contributed by atoms with Crippen LogP contribution >= 0.6 is 0 Å². The molecule has 29 heavy (non-hydrogen) atoms. The number of sulfonamides is 1. The molecule has 2 aliphatic heterocycles. The van der Waals surface area contributed by atoms with E-state index in [-0.39, 0.29) is 23.3 Å². The Labute approximate surface area is 171 Å². The van der Waals surface area contributed by atoms with Gasteiger partial charge in [0.1, 0.15) is 4.90 Å². The molecule has 1 fully saturated rings. The molecule has 0 N–H and O–H groups in total. The van der Waals surface area contributed by atoms with Gasteiger partial charge in [-0.1, -0.05) is 36.4 Å². The van der Waals surface area contributed by atoms with Crippen LogP contribution in [0.25, 0.3) is 5.57 Å². The molecule has 152 valence electrons. The lowest BCUT2D eigenvalue weighted by Crippen LogP contribution is -2.47. The van der Waals surface area contributed by atoms with E-state index in [2.05, 4.69) is 23.2 Å². The second-order valence-electron chi connectivity index (χ2n) is 7.52. The monoisotopic (exact) mass is 411 g/mol. The Kier molecular flexibility index (Phi) is 5.78. The van der Waals surface area contributed by atoms with E-state index in [1.807, 2.05) is 23.1 Å². The number of carbonyl (C=O) groups excluding carboxylic acids is 1. The molecular weight excluding hydrogens is 386 g/mol. The Balaban J connectivity index is 1.43. The van der Waals surface area contributed by atoms with E-state index < -0.39 is 10.0 Å². The fourth-order valence-corrected chi connectivity index (χ4v) is 5.54. The summed E-state index contributed by atoms with van der Waals surface area (Å²) in [4.78, 5) is 19.0. The summed E-state index contributed by atoms with van der Waals surface area (Å²) < 4.78 is 27.2. The molecule has 6 nitrogen and oxygen atoms in total. The zero-order valence-electron chi connectivity index (χ0n) is 16.3. The number of pyridine rings is 1. The molecule has 1 unspecified atom stereocenters. The molecule has 2 aliphatic rings. The average Bonchev–Trinajstić information content (AvgIpc) is 2.80. The van der Waals surface area contributed by atoms with Crippen molar-refractivity contribution in [2.24, 2.45) is 5.92 Å². The van der Waals surface area contributed by atoms with Gasteiger partial charge in [-0.25, -0.2) is 8.42 Å². The number of rotatable bonds is 4. The molecule has 0 spiro atoms. The standard InChI is InChI=1S/C22H25N3O3S/c26-22(24-14-10-19(11-15-24)18-6-2-1-3-7-18)20-8-5-13-25(17-20)29(27,28)21-9-4-12-23-16-21/h1-4,6-7,9-10,12,16,20H,5,8,11,13-15,17H2. The molecule has 1 amide bonds. The van der Waals surface area contributed by atoms with Gasteiger partial charge in [0.25, 0.3) is 0 Å². The highest BCUT2D eigenvalue weighted by Crippen LogP contribution is 2.27. The van der Waals surface area contributed by atoms with Crippen molar-refractivity contribution < 1.29 is 13.2 Å². The first-order valence-corrected chi connectivity index (χ1v) is 11.4. The summed E-state index contributed by atoms with van der Waals surface area (Å²) in [5, 5.41) is 0. The van der Waals surface area contributed by atoms with E-state index in [0.29, 0.717) is 26.1 Å². The van der Waals surface area contributed by atoms with Crippen molar-refractivity contribution in [2.45, 2.75) is 24.2 Å². The zero-order chi connectivity index (χ0) is 20.3. The maximum Gasteiger partial charge on any atom is 0.244 e. The number of hydrogen-bond donors (Lipinski definition) is 0. The van der Waals surface area contributed by atoms with E-state index in [1.165, 1.54) is 21.6 Å². The number of amides is 1. The van der Waals surface area contributed by atoms with E-state index in [0.717, 1.165) is 12.8 Å². The first kappa shape index (κ1) is 19.8. The largest absolute Gasteiger partial charge is 0.338 e. The summed E-state index contributed by atoms with van der Waals surface area (Å²) in [5.41, 5.74) is 2.46. The minimum atomic E-state index is -3.62. The van der Waals surface area contributed by atoms with Gasteiger partial charge in [-0.15, -0.1) is 0 Å². The maximum absolute atomic E-state index is 13.1. The minimum absolute atomic E-state index is 0.0550. The summed E-state index contributed by atoms with van der Waals surface area (Å²) in [7, 11) is -3.62. The van der Waals surface area contributed by atoms with Gasteiger partial charge in [-0.3, -0.25) is 9.78 Å². The Morgan fingerprint density at radius 3 is 2.59 bits per heavy atom. The number of hydrogen-bond acceptors (Lipinski definition) is 4. The van der Waals surface area contributed by atoms with Gasteiger partial charge in [0.15, 0.2) is 0 Å². The van der Waals surface area contributed by atoms with Crippen molar-refractivity contribution >= 4 is 21.5 Å². The van der Waals surface area contributed by atoms with Crippen LogP contribution in [0, 0.1) is 5.92 Å². The van der Waals surface area contributed by atoms with Crippen molar-refractivity contribution in [3.05, 3.63) is 66.5 Å². The quantitative estimate of drug-likeness (QED) is 0.776. The number of benzene rings is 1. The highest BCUT2D eigenvalue weighted by atomic mass is 32.2. The second kappa shape index (κ2) is 8.47. The Bertz CT molecular complexity index is 990. The molecule has 1 aromatic heterocycles. The van der Waals surface area contributed by atoms with Gasteiger partial charge in [-0.05, 0) is 42.5 Å². The van der Waals surface area contributed by atoms with Gasteiger partial charge in [-0.2, -0.15) is 4.31 Å². The Hall–Kier alpha value is -2.51. The lowest BCUT2D eigenvalue weighted by molar-refractivity contribution is -0.136. The summed E-state index contributed by atoms with van der Waals surface area (Å²) in [5.74, 6) is -0.235. The molecule has 0 bridgehead atoms. The predicted octanol–water partition coefficient (Wildman–Crippen LogP) is 2.80. The average molecular weight is 412 g/mol. The third-order valence-electron chi connectivity index (χ3n) is 5.67. The van der Waals surface area contributed by atoms with E-state index >= 15 is 0 Å². The van der Waals surface area contributed by atoms with Crippen LogP contribution in [0.1, 0.15) is 24.8 Å². The molecule has 1 atom stereocenters. The van der Waals surface area contributed by atoms with Crippen molar-refractivity contribution in [1.29, 1.82) is 0 Å². The van der Waals surface area contributed by atoms with Crippen LogP contribution in [0.2, 0.25) is 0 Å². The van der Waals surface area contributed by atoms with Crippen molar-refractivity contribution in [2.75, 3.05) is 26.2 Å². The molecule has 3 heterocycles. The normalized spacial score (nSPS) is 20.9. The summed E-state index contributed by atoms with van der Waals surface area (Å²) in [6.45, 7) is 1.93. The fourth-order valence-electron chi connectivity index (χ4n) is 4.05. The fraction of sp³-hybridized carbons (Fsp3) is 0.364. The molecule has 1 aromatic carbocycles. The van der Waals surface area contributed by atoms with Crippen LogP contribution in [0.3, 0.4) is 0 Å². The first-order valence-electron chi connectivity index (χ1n) is 9.99. The lowest BCUT2D eigenvalue weighted by Gasteiger charge is -2.35. The number of piperidine rings is 1. The molecular formula is C22H25N3O3S. The molecule has 2 aromatic rings.